The Labute approximate surface area is 142 Å². The zero-order chi connectivity index (χ0) is 16.7. The van der Waals surface area contributed by atoms with Gasteiger partial charge < -0.3 is 0 Å². The quantitative estimate of drug-likeness (QED) is 0.508. The SMILES string of the molecule is CCCC1CCC(c2ccc3c(c2F)Cc2c(F)cccc2-3)CC1. The van der Waals surface area contributed by atoms with Crippen molar-refractivity contribution in [2.75, 3.05) is 0 Å². The molecule has 0 aliphatic heterocycles. The van der Waals surface area contributed by atoms with E-state index in [9.17, 15) is 4.39 Å². The van der Waals surface area contributed by atoms with Gasteiger partial charge in [0.1, 0.15) is 11.6 Å². The van der Waals surface area contributed by atoms with Gasteiger partial charge in [-0.3, -0.25) is 0 Å². The molecule has 0 unspecified atom stereocenters. The van der Waals surface area contributed by atoms with Crippen LogP contribution in [0.4, 0.5) is 8.78 Å². The van der Waals surface area contributed by atoms with Gasteiger partial charge in [0.05, 0.1) is 0 Å². The van der Waals surface area contributed by atoms with Crippen LogP contribution >= 0.6 is 0 Å². The molecule has 2 aromatic carbocycles. The fourth-order valence-corrected chi connectivity index (χ4v) is 4.72. The standard InChI is InChI=1S/C22H24F2/c1-2-4-14-7-9-15(10-8-14)16-11-12-18-17-5-3-6-21(23)19(17)13-20(18)22(16)24/h3,5-6,11-12,14-15H,2,4,7-10,13H2,1H3. The Morgan fingerprint density at radius 2 is 1.67 bits per heavy atom. The molecule has 4 rings (SSSR count). The van der Waals surface area contributed by atoms with Crippen molar-refractivity contribution in [3.05, 3.63) is 58.7 Å². The first-order valence-electron chi connectivity index (χ1n) is 9.28. The highest BCUT2D eigenvalue weighted by molar-refractivity contribution is 5.77. The van der Waals surface area contributed by atoms with E-state index in [1.54, 1.807) is 6.07 Å². The lowest BCUT2D eigenvalue weighted by atomic mass is 9.76. The highest BCUT2D eigenvalue weighted by Gasteiger charge is 2.29. The molecule has 0 aromatic heterocycles. The van der Waals surface area contributed by atoms with Crippen LogP contribution in [0.5, 0.6) is 0 Å². The molecule has 0 N–H and O–H groups in total. The van der Waals surface area contributed by atoms with Crippen molar-refractivity contribution in [1.82, 2.24) is 0 Å². The van der Waals surface area contributed by atoms with Crippen molar-refractivity contribution in [2.24, 2.45) is 5.92 Å². The third kappa shape index (κ3) is 2.56. The average Bonchev–Trinajstić information content (AvgIpc) is 2.98. The molecular formula is C22H24F2. The van der Waals surface area contributed by atoms with Gasteiger partial charge in [-0.2, -0.15) is 0 Å². The largest absolute Gasteiger partial charge is 0.207 e. The fraction of sp³-hybridized carbons (Fsp3) is 0.455. The average molecular weight is 326 g/mol. The zero-order valence-corrected chi connectivity index (χ0v) is 14.2. The lowest BCUT2D eigenvalue weighted by molar-refractivity contribution is 0.304. The lowest BCUT2D eigenvalue weighted by Gasteiger charge is -2.29. The smallest absolute Gasteiger partial charge is 0.130 e. The Balaban J connectivity index is 1.62. The number of rotatable bonds is 3. The van der Waals surface area contributed by atoms with Gasteiger partial charge >= 0.3 is 0 Å². The molecule has 2 aliphatic carbocycles. The second-order valence-electron chi connectivity index (χ2n) is 7.44. The van der Waals surface area contributed by atoms with Crippen molar-refractivity contribution in [3.8, 4) is 11.1 Å². The molecule has 0 radical (unpaired) electrons. The molecule has 2 aromatic rings. The van der Waals surface area contributed by atoms with Gasteiger partial charge in [-0.25, -0.2) is 8.78 Å². The summed E-state index contributed by atoms with van der Waals surface area (Å²) in [6.45, 7) is 2.24. The maximum Gasteiger partial charge on any atom is 0.130 e. The Morgan fingerprint density at radius 1 is 0.917 bits per heavy atom. The molecule has 2 heteroatoms. The molecule has 0 amide bonds. The Morgan fingerprint density at radius 3 is 2.42 bits per heavy atom. The van der Waals surface area contributed by atoms with E-state index in [1.165, 1.54) is 31.7 Å². The van der Waals surface area contributed by atoms with E-state index in [1.807, 2.05) is 18.2 Å². The third-order valence-electron chi connectivity index (χ3n) is 6.02. The van der Waals surface area contributed by atoms with Crippen LogP contribution in [0, 0.1) is 17.6 Å². The van der Waals surface area contributed by atoms with Gasteiger partial charge in [-0.05, 0) is 60.3 Å². The molecule has 0 saturated heterocycles. The minimum atomic E-state index is -0.218. The van der Waals surface area contributed by atoms with Crippen LogP contribution in [0.1, 0.15) is 68.1 Å². The van der Waals surface area contributed by atoms with Gasteiger partial charge in [-0.1, -0.05) is 44.0 Å². The molecule has 0 heterocycles. The fourth-order valence-electron chi connectivity index (χ4n) is 4.72. The van der Waals surface area contributed by atoms with Crippen molar-refractivity contribution in [3.63, 3.8) is 0 Å². The Kier molecular flexibility index (Phi) is 4.15. The summed E-state index contributed by atoms with van der Waals surface area (Å²) in [6, 6.07) is 9.05. The molecule has 0 atom stereocenters. The third-order valence-corrected chi connectivity index (χ3v) is 6.02. The summed E-state index contributed by atoms with van der Waals surface area (Å²) in [5, 5.41) is 0. The summed E-state index contributed by atoms with van der Waals surface area (Å²) < 4.78 is 29.2. The van der Waals surface area contributed by atoms with Crippen LogP contribution in [0.2, 0.25) is 0 Å². The molecule has 24 heavy (non-hydrogen) atoms. The molecule has 0 bridgehead atoms. The molecule has 0 nitrogen and oxygen atoms in total. The van der Waals surface area contributed by atoms with Crippen molar-refractivity contribution in [1.29, 1.82) is 0 Å². The van der Waals surface area contributed by atoms with Gasteiger partial charge in [0, 0.05) is 17.5 Å². The van der Waals surface area contributed by atoms with E-state index in [4.69, 9.17) is 0 Å². The molecule has 126 valence electrons. The van der Waals surface area contributed by atoms with Crippen LogP contribution in [0.15, 0.2) is 30.3 Å². The van der Waals surface area contributed by atoms with Crippen molar-refractivity contribution >= 4 is 0 Å². The number of fused-ring (bicyclic) bond motifs is 3. The number of hydrogen-bond acceptors (Lipinski definition) is 0. The van der Waals surface area contributed by atoms with Crippen LogP contribution in [-0.2, 0) is 6.42 Å². The topological polar surface area (TPSA) is 0 Å². The predicted molar refractivity (Wildman–Crippen MR) is 94.2 cm³/mol. The zero-order valence-electron chi connectivity index (χ0n) is 14.2. The van der Waals surface area contributed by atoms with Gasteiger partial charge in [0.25, 0.3) is 0 Å². The normalized spacial score (nSPS) is 22.3. The van der Waals surface area contributed by atoms with E-state index in [2.05, 4.69) is 6.92 Å². The lowest BCUT2D eigenvalue weighted by Crippen LogP contribution is -2.14. The monoisotopic (exact) mass is 326 g/mol. The second kappa shape index (κ2) is 6.31. The van der Waals surface area contributed by atoms with Crippen molar-refractivity contribution < 1.29 is 8.78 Å². The van der Waals surface area contributed by atoms with Crippen LogP contribution in [0.25, 0.3) is 11.1 Å². The van der Waals surface area contributed by atoms with Gasteiger partial charge in [0.2, 0.25) is 0 Å². The maximum absolute atomic E-state index is 15.2. The van der Waals surface area contributed by atoms with E-state index in [0.29, 0.717) is 23.5 Å². The first-order valence-corrected chi connectivity index (χ1v) is 9.28. The number of halogens is 2. The second-order valence-corrected chi connectivity index (χ2v) is 7.44. The minimum absolute atomic E-state index is 0.0814. The molecule has 2 aliphatic rings. The van der Waals surface area contributed by atoms with Gasteiger partial charge in [-0.15, -0.1) is 0 Å². The number of hydrogen-bond donors (Lipinski definition) is 0. The van der Waals surface area contributed by atoms with Crippen LogP contribution < -0.4 is 0 Å². The van der Waals surface area contributed by atoms with E-state index < -0.39 is 0 Å². The number of benzene rings is 2. The predicted octanol–water partition coefficient (Wildman–Crippen LogP) is 6.61. The summed E-state index contributed by atoms with van der Waals surface area (Å²) >= 11 is 0. The van der Waals surface area contributed by atoms with Crippen LogP contribution in [-0.4, -0.2) is 0 Å². The summed E-state index contributed by atoms with van der Waals surface area (Å²) in [6.07, 6.45) is 7.53. The molecule has 1 fully saturated rings. The Bertz CT molecular complexity index is 755. The van der Waals surface area contributed by atoms with Crippen LogP contribution in [0.3, 0.4) is 0 Å². The molecular weight excluding hydrogens is 302 g/mol. The van der Waals surface area contributed by atoms with E-state index in [-0.39, 0.29) is 11.6 Å². The summed E-state index contributed by atoms with van der Waals surface area (Å²) in [4.78, 5) is 0. The first-order chi connectivity index (χ1) is 11.7. The summed E-state index contributed by atoms with van der Waals surface area (Å²) in [7, 11) is 0. The highest BCUT2D eigenvalue weighted by atomic mass is 19.1. The minimum Gasteiger partial charge on any atom is -0.207 e. The molecule has 0 spiro atoms. The first kappa shape index (κ1) is 15.8. The maximum atomic E-state index is 15.2. The highest BCUT2D eigenvalue weighted by Crippen LogP contribution is 2.44. The summed E-state index contributed by atoms with van der Waals surface area (Å²) in [5.41, 5.74) is 3.95. The van der Waals surface area contributed by atoms with Gasteiger partial charge in [0.15, 0.2) is 0 Å². The summed E-state index contributed by atoms with van der Waals surface area (Å²) in [5.74, 6) is 0.853. The van der Waals surface area contributed by atoms with E-state index >= 15 is 4.39 Å². The van der Waals surface area contributed by atoms with E-state index in [0.717, 1.165) is 35.4 Å². The van der Waals surface area contributed by atoms with Crippen molar-refractivity contribution in [2.45, 2.75) is 57.8 Å². The Hall–Kier alpha value is -1.70. The molecule has 1 saturated carbocycles.